The molecule has 0 bridgehead atoms. The summed E-state index contributed by atoms with van der Waals surface area (Å²) < 4.78 is 0. The molecule has 6 nitrogen and oxygen atoms in total. The number of pyridine rings is 1. The summed E-state index contributed by atoms with van der Waals surface area (Å²) in [7, 11) is 0. The summed E-state index contributed by atoms with van der Waals surface area (Å²) in [6.07, 6.45) is 1.62. The lowest BCUT2D eigenvalue weighted by molar-refractivity contribution is -0.119. The van der Waals surface area contributed by atoms with Gasteiger partial charge in [0.25, 0.3) is 0 Å². The fraction of sp³-hybridized carbons (Fsp3) is 0.267. The number of carboxylic acids is 1. The third-order valence-corrected chi connectivity index (χ3v) is 3.82. The molecule has 21 heavy (non-hydrogen) atoms. The highest BCUT2D eigenvalue weighted by Gasteiger charge is 2.30. The minimum atomic E-state index is -0.980. The van der Waals surface area contributed by atoms with Crippen LogP contribution in [0.25, 0.3) is 10.9 Å². The Labute approximate surface area is 121 Å². The number of anilines is 1. The zero-order valence-corrected chi connectivity index (χ0v) is 11.3. The summed E-state index contributed by atoms with van der Waals surface area (Å²) in [5.41, 5.74) is 6.24. The van der Waals surface area contributed by atoms with Crippen molar-refractivity contribution < 1.29 is 14.7 Å². The lowest BCUT2D eigenvalue weighted by Crippen LogP contribution is -2.40. The largest absolute Gasteiger partial charge is 0.478 e. The number of carbonyl (C=O) groups is 2. The van der Waals surface area contributed by atoms with Crippen LogP contribution in [0.3, 0.4) is 0 Å². The summed E-state index contributed by atoms with van der Waals surface area (Å²) in [5, 5.41) is 9.77. The van der Waals surface area contributed by atoms with Crippen LogP contribution in [-0.4, -0.2) is 34.6 Å². The summed E-state index contributed by atoms with van der Waals surface area (Å²) in [6.45, 7) is 0.727. The molecule has 108 valence electrons. The number of carbonyl (C=O) groups excluding carboxylic acids is 1. The maximum atomic E-state index is 11.5. The second-order valence-electron chi connectivity index (χ2n) is 5.10. The molecule has 1 aliphatic rings. The first kappa shape index (κ1) is 13.4. The second kappa shape index (κ2) is 5.05. The molecule has 2 aromatic rings. The fourth-order valence-electron chi connectivity index (χ4n) is 2.83. The Bertz CT molecular complexity index is 729. The van der Waals surface area contributed by atoms with Gasteiger partial charge in [0, 0.05) is 11.9 Å². The Morgan fingerprint density at radius 1 is 1.29 bits per heavy atom. The molecule has 1 amide bonds. The number of amides is 1. The maximum absolute atomic E-state index is 11.5. The van der Waals surface area contributed by atoms with Crippen molar-refractivity contribution in [2.45, 2.75) is 18.9 Å². The zero-order valence-electron chi connectivity index (χ0n) is 11.3. The van der Waals surface area contributed by atoms with E-state index in [1.165, 1.54) is 0 Å². The molecule has 1 unspecified atom stereocenters. The van der Waals surface area contributed by atoms with Crippen LogP contribution in [0, 0.1) is 0 Å². The first-order valence-corrected chi connectivity index (χ1v) is 6.77. The third-order valence-electron chi connectivity index (χ3n) is 3.82. The van der Waals surface area contributed by atoms with E-state index in [1.807, 2.05) is 4.90 Å². The number of benzene rings is 1. The predicted molar refractivity (Wildman–Crippen MR) is 78.3 cm³/mol. The van der Waals surface area contributed by atoms with Crippen molar-refractivity contribution in [1.29, 1.82) is 0 Å². The monoisotopic (exact) mass is 285 g/mol. The number of hydrogen-bond donors (Lipinski definition) is 2. The van der Waals surface area contributed by atoms with E-state index in [0.717, 1.165) is 19.4 Å². The number of nitrogens with zero attached hydrogens (tertiary/aromatic N) is 2. The highest BCUT2D eigenvalue weighted by Crippen LogP contribution is 2.27. The predicted octanol–water partition coefficient (Wildman–Crippen LogP) is 1.39. The minimum Gasteiger partial charge on any atom is -0.478 e. The molecule has 3 N–H and O–H groups in total. The van der Waals surface area contributed by atoms with Gasteiger partial charge in [-0.3, -0.25) is 4.79 Å². The van der Waals surface area contributed by atoms with Crippen LogP contribution in [0.5, 0.6) is 0 Å². The van der Waals surface area contributed by atoms with Gasteiger partial charge in [0.1, 0.15) is 11.9 Å². The van der Waals surface area contributed by atoms with E-state index in [-0.39, 0.29) is 17.5 Å². The maximum Gasteiger partial charge on any atom is 0.336 e. The SMILES string of the molecule is NC(=O)C1CCCN1c1ccc2c(C(=O)O)cccc2n1. The molecule has 3 rings (SSSR count). The van der Waals surface area contributed by atoms with Crippen LogP contribution in [0.15, 0.2) is 30.3 Å². The van der Waals surface area contributed by atoms with Gasteiger partial charge in [-0.05, 0) is 37.1 Å². The molecule has 1 saturated heterocycles. The molecular weight excluding hydrogens is 270 g/mol. The molecular formula is C15H15N3O3. The van der Waals surface area contributed by atoms with Gasteiger partial charge in [-0.15, -0.1) is 0 Å². The van der Waals surface area contributed by atoms with Gasteiger partial charge in [0.15, 0.2) is 0 Å². The Morgan fingerprint density at radius 2 is 2.10 bits per heavy atom. The Balaban J connectivity index is 2.06. The first-order valence-electron chi connectivity index (χ1n) is 6.77. The average molecular weight is 285 g/mol. The quantitative estimate of drug-likeness (QED) is 0.888. The van der Waals surface area contributed by atoms with Crippen molar-refractivity contribution in [2.75, 3.05) is 11.4 Å². The smallest absolute Gasteiger partial charge is 0.336 e. The number of carboxylic acid groups (broad SMARTS) is 1. The minimum absolute atomic E-state index is 0.222. The zero-order chi connectivity index (χ0) is 15.0. The normalized spacial score (nSPS) is 18.1. The molecule has 0 radical (unpaired) electrons. The summed E-state index contributed by atoms with van der Waals surface area (Å²) in [4.78, 5) is 29.0. The molecule has 0 aliphatic carbocycles. The van der Waals surface area contributed by atoms with E-state index in [2.05, 4.69) is 4.98 Å². The molecule has 1 atom stereocenters. The molecule has 6 heteroatoms. The molecule has 0 saturated carbocycles. The molecule has 1 aromatic carbocycles. The standard InChI is InChI=1S/C15H15N3O3/c16-14(19)12-5-2-8-18(12)13-7-6-9-10(15(20)21)3-1-4-11(9)17-13/h1,3-4,6-7,12H,2,5,8H2,(H2,16,19)(H,20,21). The number of fused-ring (bicyclic) bond motifs is 1. The highest BCUT2D eigenvalue weighted by molar-refractivity contribution is 6.02. The second-order valence-corrected chi connectivity index (χ2v) is 5.10. The van der Waals surface area contributed by atoms with Crippen LogP contribution in [-0.2, 0) is 4.79 Å². The lowest BCUT2D eigenvalue weighted by Gasteiger charge is -2.23. The van der Waals surface area contributed by atoms with Gasteiger partial charge in [-0.1, -0.05) is 6.07 Å². The Morgan fingerprint density at radius 3 is 2.81 bits per heavy atom. The Hall–Kier alpha value is -2.63. The van der Waals surface area contributed by atoms with Crippen LogP contribution in [0.1, 0.15) is 23.2 Å². The number of hydrogen-bond acceptors (Lipinski definition) is 4. The number of aromatic carboxylic acids is 1. The molecule has 1 fully saturated rings. The summed E-state index contributed by atoms with van der Waals surface area (Å²) >= 11 is 0. The van der Waals surface area contributed by atoms with Gasteiger partial charge in [-0.25, -0.2) is 9.78 Å². The highest BCUT2D eigenvalue weighted by atomic mass is 16.4. The van der Waals surface area contributed by atoms with Crippen molar-refractivity contribution in [1.82, 2.24) is 4.98 Å². The van der Waals surface area contributed by atoms with E-state index < -0.39 is 5.97 Å². The van der Waals surface area contributed by atoms with Crippen molar-refractivity contribution >= 4 is 28.6 Å². The topological polar surface area (TPSA) is 96.5 Å². The Kier molecular flexibility index (Phi) is 3.21. The number of primary amides is 1. The average Bonchev–Trinajstić information content (AvgIpc) is 2.95. The number of nitrogens with two attached hydrogens (primary N) is 1. The van der Waals surface area contributed by atoms with Crippen molar-refractivity contribution in [3.05, 3.63) is 35.9 Å². The van der Waals surface area contributed by atoms with Crippen LogP contribution >= 0.6 is 0 Å². The lowest BCUT2D eigenvalue weighted by atomic mass is 10.1. The van der Waals surface area contributed by atoms with Gasteiger partial charge in [-0.2, -0.15) is 0 Å². The van der Waals surface area contributed by atoms with Gasteiger partial charge in [0.2, 0.25) is 5.91 Å². The molecule has 0 spiro atoms. The fourth-order valence-corrected chi connectivity index (χ4v) is 2.83. The molecule has 2 heterocycles. The van der Waals surface area contributed by atoms with Crippen molar-refractivity contribution in [3.63, 3.8) is 0 Å². The first-order chi connectivity index (χ1) is 10.1. The van der Waals surface area contributed by atoms with Crippen molar-refractivity contribution in [3.8, 4) is 0 Å². The van der Waals surface area contributed by atoms with Gasteiger partial charge in [0.05, 0.1) is 11.1 Å². The van der Waals surface area contributed by atoms with Gasteiger partial charge >= 0.3 is 5.97 Å². The third kappa shape index (κ3) is 2.29. The molecule has 1 aliphatic heterocycles. The van der Waals surface area contributed by atoms with Crippen LogP contribution in [0.2, 0.25) is 0 Å². The van der Waals surface area contributed by atoms with E-state index >= 15 is 0 Å². The van der Waals surface area contributed by atoms with Crippen LogP contribution in [0.4, 0.5) is 5.82 Å². The van der Waals surface area contributed by atoms with Crippen LogP contribution < -0.4 is 10.6 Å². The van der Waals surface area contributed by atoms with E-state index in [1.54, 1.807) is 30.3 Å². The summed E-state index contributed by atoms with van der Waals surface area (Å²) in [5.74, 6) is -0.675. The van der Waals surface area contributed by atoms with E-state index in [9.17, 15) is 14.7 Å². The van der Waals surface area contributed by atoms with E-state index in [4.69, 9.17) is 5.73 Å². The number of rotatable bonds is 3. The summed E-state index contributed by atoms with van der Waals surface area (Å²) in [6, 6.07) is 8.12. The number of aromatic nitrogens is 1. The molecule has 1 aromatic heterocycles. The van der Waals surface area contributed by atoms with Crippen molar-refractivity contribution in [2.24, 2.45) is 5.73 Å². The van der Waals surface area contributed by atoms with E-state index in [0.29, 0.717) is 16.7 Å². The van der Waals surface area contributed by atoms with Gasteiger partial charge < -0.3 is 15.7 Å².